The first-order chi connectivity index (χ1) is 8.37. The number of nitrogens with one attached hydrogen (secondary N) is 1. The molecule has 1 rings (SSSR count). The zero-order valence-electron chi connectivity index (χ0n) is 10.8. The van der Waals surface area contributed by atoms with Crippen LogP contribution in [-0.2, 0) is 4.74 Å². The molecule has 0 radical (unpaired) electrons. The lowest BCUT2D eigenvalue weighted by molar-refractivity contribution is 0.0520. The van der Waals surface area contributed by atoms with Crippen LogP contribution in [0.15, 0.2) is 12.4 Å². The highest BCUT2D eigenvalue weighted by molar-refractivity contribution is 5.67. The van der Waals surface area contributed by atoms with Gasteiger partial charge >= 0.3 is 6.09 Å². The van der Waals surface area contributed by atoms with Crippen molar-refractivity contribution in [1.82, 2.24) is 15.3 Å². The van der Waals surface area contributed by atoms with Crippen LogP contribution in [0.5, 0.6) is 5.88 Å². The molecular weight excluding hydrogens is 236 g/mol. The first kappa shape index (κ1) is 14.0. The summed E-state index contributed by atoms with van der Waals surface area (Å²) in [5, 5.41) is 2.56. The average molecular weight is 254 g/mol. The Morgan fingerprint density at radius 1 is 1.39 bits per heavy atom. The maximum Gasteiger partial charge on any atom is 0.407 e. The van der Waals surface area contributed by atoms with Crippen molar-refractivity contribution in [2.24, 2.45) is 0 Å². The molecule has 0 unspecified atom stereocenters. The Bertz CT molecular complexity index is 386. The first-order valence-corrected chi connectivity index (χ1v) is 5.54. The maximum atomic E-state index is 11.3. The summed E-state index contributed by atoms with van der Waals surface area (Å²) < 4.78 is 10.3. The van der Waals surface area contributed by atoms with E-state index in [1.54, 1.807) is 20.8 Å². The van der Waals surface area contributed by atoms with Gasteiger partial charge in [0.2, 0.25) is 5.88 Å². The second-order valence-corrected chi connectivity index (χ2v) is 4.56. The number of hydrogen-bond acceptors (Lipinski definition) is 6. The summed E-state index contributed by atoms with van der Waals surface area (Å²) in [6.07, 6.45) is 2.34. The summed E-state index contributed by atoms with van der Waals surface area (Å²) in [5.74, 6) is 0.685. The van der Waals surface area contributed by atoms with Crippen molar-refractivity contribution in [3.05, 3.63) is 12.4 Å². The molecule has 1 aromatic heterocycles. The van der Waals surface area contributed by atoms with Crippen molar-refractivity contribution >= 4 is 11.9 Å². The molecule has 100 valence electrons. The number of ether oxygens (including phenoxy) is 2. The quantitative estimate of drug-likeness (QED) is 0.776. The maximum absolute atomic E-state index is 11.3. The van der Waals surface area contributed by atoms with Gasteiger partial charge in [-0.25, -0.2) is 14.8 Å². The van der Waals surface area contributed by atoms with Crippen molar-refractivity contribution in [3.63, 3.8) is 0 Å². The van der Waals surface area contributed by atoms with Crippen molar-refractivity contribution in [3.8, 4) is 5.88 Å². The van der Waals surface area contributed by atoms with Crippen LogP contribution in [-0.4, -0.2) is 34.8 Å². The Morgan fingerprint density at radius 2 is 2.11 bits per heavy atom. The van der Waals surface area contributed by atoms with E-state index < -0.39 is 11.7 Å². The van der Waals surface area contributed by atoms with E-state index in [-0.39, 0.29) is 6.61 Å². The van der Waals surface area contributed by atoms with E-state index in [0.717, 1.165) is 0 Å². The predicted octanol–water partition coefficient (Wildman–Crippen LogP) is 0.962. The minimum Gasteiger partial charge on any atom is -0.475 e. The molecule has 7 nitrogen and oxygen atoms in total. The molecule has 0 saturated carbocycles. The molecule has 1 aromatic rings. The third-order valence-electron chi connectivity index (χ3n) is 1.67. The first-order valence-electron chi connectivity index (χ1n) is 5.54. The number of carbonyl (C=O) groups is 1. The molecule has 0 aliphatic rings. The Morgan fingerprint density at radius 3 is 2.67 bits per heavy atom. The van der Waals surface area contributed by atoms with Crippen LogP contribution in [0.2, 0.25) is 0 Å². The largest absolute Gasteiger partial charge is 0.475 e. The van der Waals surface area contributed by atoms with Gasteiger partial charge in [-0.3, -0.25) is 0 Å². The zero-order chi connectivity index (χ0) is 13.6. The molecule has 3 N–H and O–H groups in total. The molecular formula is C11H18N4O3. The van der Waals surface area contributed by atoms with Gasteiger partial charge in [0.25, 0.3) is 0 Å². The minimum atomic E-state index is -0.507. The van der Waals surface area contributed by atoms with Gasteiger partial charge in [0, 0.05) is 0 Å². The van der Waals surface area contributed by atoms with Gasteiger partial charge in [-0.2, -0.15) is 0 Å². The summed E-state index contributed by atoms with van der Waals surface area (Å²) in [6.45, 7) is 5.99. The summed E-state index contributed by atoms with van der Waals surface area (Å²) in [6, 6.07) is 0. The number of aromatic nitrogens is 2. The van der Waals surface area contributed by atoms with Crippen molar-refractivity contribution in [2.75, 3.05) is 18.9 Å². The van der Waals surface area contributed by atoms with Crippen LogP contribution in [0, 0.1) is 0 Å². The number of anilines is 1. The average Bonchev–Trinajstić information content (AvgIpc) is 2.24. The van der Waals surface area contributed by atoms with Crippen LogP contribution in [0.1, 0.15) is 20.8 Å². The normalized spacial score (nSPS) is 10.8. The van der Waals surface area contributed by atoms with Crippen LogP contribution < -0.4 is 15.8 Å². The molecule has 0 aliphatic heterocycles. The van der Waals surface area contributed by atoms with E-state index in [0.29, 0.717) is 18.2 Å². The predicted molar refractivity (Wildman–Crippen MR) is 66.2 cm³/mol. The molecule has 1 heterocycles. The van der Waals surface area contributed by atoms with Crippen molar-refractivity contribution in [2.45, 2.75) is 26.4 Å². The van der Waals surface area contributed by atoms with Gasteiger partial charge in [-0.1, -0.05) is 0 Å². The molecule has 18 heavy (non-hydrogen) atoms. The van der Waals surface area contributed by atoms with Gasteiger partial charge < -0.3 is 20.5 Å². The van der Waals surface area contributed by atoms with Crippen molar-refractivity contribution in [1.29, 1.82) is 0 Å². The monoisotopic (exact) mass is 254 g/mol. The molecule has 0 aromatic carbocycles. The van der Waals surface area contributed by atoms with E-state index in [4.69, 9.17) is 15.2 Å². The van der Waals surface area contributed by atoms with E-state index >= 15 is 0 Å². The number of hydrogen-bond donors (Lipinski definition) is 2. The highest BCUT2D eigenvalue weighted by Crippen LogP contribution is 2.06. The lowest BCUT2D eigenvalue weighted by Gasteiger charge is -2.19. The Kier molecular flexibility index (Phi) is 4.70. The lowest BCUT2D eigenvalue weighted by atomic mass is 10.2. The Balaban J connectivity index is 2.19. The second-order valence-electron chi connectivity index (χ2n) is 4.56. The number of amides is 1. The smallest absolute Gasteiger partial charge is 0.407 e. The SMILES string of the molecule is CC(C)(C)OC(=O)NCCOc1cnc(N)cn1. The zero-order valence-corrected chi connectivity index (χ0v) is 10.8. The molecule has 0 spiro atoms. The molecule has 1 amide bonds. The third kappa shape index (κ3) is 5.88. The van der Waals surface area contributed by atoms with E-state index in [1.165, 1.54) is 12.4 Å². The standard InChI is InChI=1S/C11H18N4O3/c1-11(2,3)18-10(16)13-4-5-17-9-7-14-8(12)6-15-9/h6-7H,4-5H2,1-3H3,(H2,12,14)(H,13,16). The summed E-state index contributed by atoms with van der Waals surface area (Å²) in [5.41, 5.74) is 4.87. The van der Waals surface area contributed by atoms with E-state index in [9.17, 15) is 4.79 Å². The van der Waals surface area contributed by atoms with Crippen LogP contribution in [0.3, 0.4) is 0 Å². The number of nitrogens with zero attached hydrogens (tertiary/aromatic N) is 2. The molecule has 0 bridgehead atoms. The summed E-state index contributed by atoms with van der Waals surface area (Å²) in [4.78, 5) is 19.0. The second kappa shape index (κ2) is 6.04. The number of nitrogens with two attached hydrogens (primary N) is 1. The molecule has 0 fully saturated rings. The fraction of sp³-hybridized carbons (Fsp3) is 0.545. The molecule has 0 saturated heterocycles. The minimum absolute atomic E-state index is 0.276. The third-order valence-corrected chi connectivity index (χ3v) is 1.67. The lowest BCUT2D eigenvalue weighted by Crippen LogP contribution is -2.34. The summed E-state index contributed by atoms with van der Waals surface area (Å²) >= 11 is 0. The van der Waals surface area contributed by atoms with E-state index in [2.05, 4.69) is 15.3 Å². The molecule has 0 atom stereocenters. The highest BCUT2D eigenvalue weighted by atomic mass is 16.6. The van der Waals surface area contributed by atoms with Gasteiger partial charge in [0.05, 0.1) is 18.9 Å². The topological polar surface area (TPSA) is 99.4 Å². The Labute approximate surface area is 106 Å². The van der Waals surface area contributed by atoms with Gasteiger partial charge in [0.1, 0.15) is 18.0 Å². The molecule has 0 aliphatic carbocycles. The number of alkyl carbamates (subject to hydrolysis) is 1. The number of nitrogen functional groups attached to an aromatic ring is 1. The fourth-order valence-electron chi connectivity index (χ4n) is 1.02. The number of rotatable bonds is 4. The Hall–Kier alpha value is -2.05. The van der Waals surface area contributed by atoms with Crippen LogP contribution in [0.4, 0.5) is 10.6 Å². The molecule has 7 heteroatoms. The highest BCUT2D eigenvalue weighted by Gasteiger charge is 2.15. The van der Waals surface area contributed by atoms with Gasteiger partial charge in [-0.15, -0.1) is 0 Å². The fourth-order valence-corrected chi connectivity index (χ4v) is 1.02. The van der Waals surface area contributed by atoms with Gasteiger partial charge in [0.15, 0.2) is 0 Å². The number of carbonyl (C=O) groups excluding carboxylic acids is 1. The van der Waals surface area contributed by atoms with Gasteiger partial charge in [-0.05, 0) is 20.8 Å². The summed E-state index contributed by atoms with van der Waals surface area (Å²) in [7, 11) is 0. The van der Waals surface area contributed by atoms with Crippen molar-refractivity contribution < 1.29 is 14.3 Å². The van der Waals surface area contributed by atoms with E-state index in [1.807, 2.05) is 0 Å². The van der Waals surface area contributed by atoms with Crippen LogP contribution in [0.25, 0.3) is 0 Å². The van der Waals surface area contributed by atoms with Crippen LogP contribution >= 0.6 is 0 Å².